The Labute approximate surface area is 122 Å². The van der Waals surface area contributed by atoms with E-state index in [1.165, 1.54) is 0 Å². The van der Waals surface area contributed by atoms with Crippen molar-refractivity contribution in [3.8, 4) is 0 Å². The summed E-state index contributed by atoms with van der Waals surface area (Å²) < 4.78 is 5.43. The summed E-state index contributed by atoms with van der Waals surface area (Å²) in [5.41, 5.74) is 0.316. The molecule has 2 N–H and O–H groups in total. The largest absolute Gasteiger partial charge is 0.385 e. The number of aliphatic hydroxyl groups is 1. The van der Waals surface area contributed by atoms with Gasteiger partial charge in [-0.15, -0.1) is 0 Å². The predicted molar refractivity (Wildman–Crippen MR) is 81.7 cm³/mol. The Balaban J connectivity index is 2.09. The normalized spacial score (nSPS) is 22.4. The van der Waals surface area contributed by atoms with Crippen LogP contribution >= 0.6 is 0 Å². The molecule has 0 aliphatic carbocycles. The summed E-state index contributed by atoms with van der Waals surface area (Å²) in [6.07, 6.45) is 3.90. The van der Waals surface area contributed by atoms with Gasteiger partial charge in [0.2, 0.25) is 0 Å². The van der Waals surface area contributed by atoms with Crippen molar-refractivity contribution in [1.29, 1.82) is 0 Å². The SMILES string of the molecule is CCOCCC[C@@](O)(c1ccccc1)[C@@H]1CCCNC1. The summed E-state index contributed by atoms with van der Waals surface area (Å²) in [4.78, 5) is 0. The molecule has 2 atom stereocenters. The van der Waals surface area contributed by atoms with Crippen LogP contribution in [0, 0.1) is 5.92 Å². The highest BCUT2D eigenvalue weighted by Gasteiger charge is 2.38. The lowest BCUT2D eigenvalue weighted by atomic mass is 9.75. The van der Waals surface area contributed by atoms with Crippen molar-refractivity contribution in [3.05, 3.63) is 35.9 Å². The van der Waals surface area contributed by atoms with Gasteiger partial charge >= 0.3 is 0 Å². The molecule has 1 aromatic carbocycles. The summed E-state index contributed by atoms with van der Waals surface area (Å²) in [7, 11) is 0. The van der Waals surface area contributed by atoms with Gasteiger partial charge in [0, 0.05) is 25.7 Å². The van der Waals surface area contributed by atoms with E-state index in [1.54, 1.807) is 0 Å². The van der Waals surface area contributed by atoms with Crippen LogP contribution in [-0.2, 0) is 10.3 Å². The maximum Gasteiger partial charge on any atom is 0.0937 e. The number of rotatable bonds is 7. The van der Waals surface area contributed by atoms with Crippen LogP contribution in [0.2, 0.25) is 0 Å². The molecule has 0 amide bonds. The topological polar surface area (TPSA) is 41.5 Å². The molecule has 0 aromatic heterocycles. The lowest BCUT2D eigenvalue weighted by molar-refractivity contribution is -0.0468. The second-order valence-electron chi connectivity index (χ2n) is 5.63. The monoisotopic (exact) mass is 277 g/mol. The van der Waals surface area contributed by atoms with Crippen LogP contribution in [0.4, 0.5) is 0 Å². The van der Waals surface area contributed by atoms with E-state index in [0.29, 0.717) is 5.92 Å². The van der Waals surface area contributed by atoms with Gasteiger partial charge in [0.25, 0.3) is 0 Å². The van der Waals surface area contributed by atoms with Crippen molar-refractivity contribution in [2.75, 3.05) is 26.3 Å². The first-order chi connectivity index (χ1) is 9.77. The highest BCUT2D eigenvalue weighted by molar-refractivity contribution is 5.23. The minimum Gasteiger partial charge on any atom is -0.385 e. The van der Waals surface area contributed by atoms with Gasteiger partial charge in [-0.1, -0.05) is 30.3 Å². The molecule has 2 rings (SSSR count). The summed E-state index contributed by atoms with van der Waals surface area (Å²) in [6.45, 7) is 5.45. The van der Waals surface area contributed by atoms with E-state index in [0.717, 1.165) is 57.6 Å². The highest BCUT2D eigenvalue weighted by atomic mass is 16.5. The van der Waals surface area contributed by atoms with Crippen molar-refractivity contribution in [2.45, 2.75) is 38.2 Å². The summed E-state index contributed by atoms with van der Waals surface area (Å²) in [5.74, 6) is 0.292. The van der Waals surface area contributed by atoms with Crippen LogP contribution in [0.3, 0.4) is 0 Å². The van der Waals surface area contributed by atoms with Gasteiger partial charge in [-0.05, 0) is 44.7 Å². The van der Waals surface area contributed by atoms with Gasteiger partial charge in [-0.3, -0.25) is 0 Å². The highest BCUT2D eigenvalue weighted by Crippen LogP contribution is 2.37. The second kappa shape index (κ2) is 7.77. The van der Waals surface area contributed by atoms with Crippen molar-refractivity contribution >= 4 is 0 Å². The van der Waals surface area contributed by atoms with Gasteiger partial charge in [-0.25, -0.2) is 0 Å². The fraction of sp³-hybridized carbons (Fsp3) is 0.647. The zero-order chi connectivity index (χ0) is 14.3. The molecule has 1 saturated heterocycles. The quantitative estimate of drug-likeness (QED) is 0.753. The van der Waals surface area contributed by atoms with Crippen LogP contribution in [-0.4, -0.2) is 31.4 Å². The molecule has 3 nitrogen and oxygen atoms in total. The van der Waals surface area contributed by atoms with Crippen molar-refractivity contribution < 1.29 is 9.84 Å². The molecule has 0 radical (unpaired) electrons. The molecule has 1 aliphatic heterocycles. The molecule has 20 heavy (non-hydrogen) atoms. The van der Waals surface area contributed by atoms with Gasteiger partial charge in [0.15, 0.2) is 0 Å². The fourth-order valence-corrected chi connectivity index (χ4v) is 3.16. The van der Waals surface area contributed by atoms with Crippen LogP contribution in [0.5, 0.6) is 0 Å². The molecule has 1 heterocycles. The predicted octanol–water partition coefficient (Wildman–Crippen LogP) is 2.69. The molecular formula is C17H27NO2. The summed E-state index contributed by atoms with van der Waals surface area (Å²) >= 11 is 0. The van der Waals surface area contributed by atoms with Gasteiger partial charge in [0.05, 0.1) is 5.60 Å². The number of benzene rings is 1. The van der Waals surface area contributed by atoms with Crippen molar-refractivity contribution in [1.82, 2.24) is 5.32 Å². The van der Waals surface area contributed by atoms with E-state index < -0.39 is 5.60 Å². The molecule has 0 saturated carbocycles. The van der Waals surface area contributed by atoms with Gasteiger partial charge in [0.1, 0.15) is 0 Å². The van der Waals surface area contributed by atoms with Crippen LogP contribution in [0.15, 0.2) is 30.3 Å². The number of hydrogen-bond acceptors (Lipinski definition) is 3. The molecule has 1 fully saturated rings. The number of nitrogens with one attached hydrogen (secondary N) is 1. The first-order valence-corrected chi connectivity index (χ1v) is 7.83. The number of hydrogen-bond donors (Lipinski definition) is 2. The van der Waals surface area contributed by atoms with Gasteiger partial charge in [-0.2, -0.15) is 0 Å². The Morgan fingerprint density at radius 1 is 1.35 bits per heavy atom. The minimum absolute atomic E-state index is 0.292. The lowest BCUT2D eigenvalue weighted by Gasteiger charge is -2.39. The van der Waals surface area contributed by atoms with Crippen LogP contribution in [0.1, 0.15) is 38.2 Å². The third-order valence-electron chi connectivity index (χ3n) is 4.30. The van der Waals surface area contributed by atoms with E-state index in [-0.39, 0.29) is 0 Å². The number of ether oxygens (including phenoxy) is 1. The Morgan fingerprint density at radius 2 is 2.15 bits per heavy atom. The maximum absolute atomic E-state index is 11.3. The van der Waals surface area contributed by atoms with E-state index in [4.69, 9.17) is 4.74 Å². The molecule has 0 spiro atoms. The average Bonchev–Trinajstić information content (AvgIpc) is 2.53. The molecule has 1 aromatic rings. The average molecular weight is 277 g/mol. The van der Waals surface area contributed by atoms with Gasteiger partial charge < -0.3 is 15.2 Å². The molecule has 0 unspecified atom stereocenters. The molecule has 112 valence electrons. The van der Waals surface area contributed by atoms with Crippen molar-refractivity contribution in [2.24, 2.45) is 5.92 Å². The van der Waals surface area contributed by atoms with E-state index >= 15 is 0 Å². The minimum atomic E-state index is -0.730. The third kappa shape index (κ3) is 3.81. The zero-order valence-corrected chi connectivity index (χ0v) is 12.5. The Kier molecular flexibility index (Phi) is 6.02. The standard InChI is InChI=1S/C17H27NO2/c1-2-20-13-7-11-17(19,15-8-4-3-5-9-15)16-10-6-12-18-14-16/h3-5,8-9,16,18-19H,2,6-7,10-14H2,1H3/t16-,17-/m1/s1. The molecule has 0 bridgehead atoms. The summed E-state index contributed by atoms with van der Waals surface area (Å²) in [5, 5.41) is 14.7. The van der Waals surface area contributed by atoms with E-state index in [2.05, 4.69) is 17.4 Å². The first-order valence-electron chi connectivity index (χ1n) is 7.83. The number of piperidine rings is 1. The van der Waals surface area contributed by atoms with Crippen LogP contribution in [0.25, 0.3) is 0 Å². The molecule has 1 aliphatic rings. The molecule has 3 heteroatoms. The lowest BCUT2D eigenvalue weighted by Crippen LogP contribution is -2.44. The maximum atomic E-state index is 11.3. The Morgan fingerprint density at radius 3 is 2.80 bits per heavy atom. The van der Waals surface area contributed by atoms with Crippen LogP contribution < -0.4 is 5.32 Å². The first kappa shape index (κ1) is 15.5. The zero-order valence-electron chi connectivity index (χ0n) is 12.5. The fourth-order valence-electron chi connectivity index (χ4n) is 3.16. The van der Waals surface area contributed by atoms with E-state index in [1.807, 2.05) is 25.1 Å². The Bertz CT molecular complexity index is 376. The van der Waals surface area contributed by atoms with E-state index in [9.17, 15) is 5.11 Å². The van der Waals surface area contributed by atoms with Crippen molar-refractivity contribution in [3.63, 3.8) is 0 Å². The Hall–Kier alpha value is -0.900. The smallest absolute Gasteiger partial charge is 0.0937 e. The third-order valence-corrected chi connectivity index (χ3v) is 4.30. The summed E-state index contributed by atoms with van der Waals surface area (Å²) in [6, 6.07) is 10.1. The second-order valence-corrected chi connectivity index (χ2v) is 5.63. The molecular weight excluding hydrogens is 250 g/mol.